The molecule has 1 aromatic carbocycles. The summed E-state index contributed by atoms with van der Waals surface area (Å²) in [5.74, 6) is 0.161. The standard InChI is InChI=1S/C14H19ClN2O3S/c1-21(19,20)17-7-5-11(6-8-17)10-16-14(18)12-3-2-4-13(15)9-12/h2-4,9,11H,5-8,10H2,1H3,(H,16,18). The molecule has 0 radical (unpaired) electrons. The van der Waals surface area contributed by atoms with Crippen molar-refractivity contribution in [2.75, 3.05) is 25.9 Å². The summed E-state index contributed by atoms with van der Waals surface area (Å²) in [6.45, 7) is 1.61. The van der Waals surface area contributed by atoms with Crippen LogP contribution in [0, 0.1) is 5.92 Å². The largest absolute Gasteiger partial charge is 0.352 e. The van der Waals surface area contributed by atoms with Crippen LogP contribution in [0.5, 0.6) is 0 Å². The maximum absolute atomic E-state index is 12.0. The maximum atomic E-state index is 12.0. The summed E-state index contributed by atoms with van der Waals surface area (Å²) in [6.07, 6.45) is 2.76. The van der Waals surface area contributed by atoms with Gasteiger partial charge in [-0.05, 0) is 37.0 Å². The molecule has 7 heteroatoms. The lowest BCUT2D eigenvalue weighted by molar-refractivity contribution is 0.0941. The van der Waals surface area contributed by atoms with Gasteiger partial charge >= 0.3 is 0 Å². The van der Waals surface area contributed by atoms with Crippen LogP contribution in [0.4, 0.5) is 0 Å². The predicted molar refractivity (Wildman–Crippen MR) is 82.9 cm³/mol. The fourth-order valence-electron chi connectivity index (χ4n) is 2.41. The molecule has 0 bridgehead atoms. The van der Waals surface area contributed by atoms with Crippen molar-refractivity contribution in [1.29, 1.82) is 0 Å². The average Bonchev–Trinajstić information content (AvgIpc) is 2.44. The highest BCUT2D eigenvalue weighted by atomic mass is 35.5. The van der Waals surface area contributed by atoms with E-state index in [1.807, 2.05) is 0 Å². The molecular weight excluding hydrogens is 312 g/mol. The van der Waals surface area contributed by atoms with Gasteiger partial charge in [-0.3, -0.25) is 4.79 Å². The van der Waals surface area contributed by atoms with Gasteiger partial charge in [-0.15, -0.1) is 0 Å². The second kappa shape index (κ2) is 6.77. The Hall–Kier alpha value is -1.11. The van der Waals surface area contributed by atoms with Crippen molar-refractivity contribution in [2.45, 2.75) is 12.8 Å². The number of amides is 1. The highest BCUT2D eigenvalue weighted by Gasteiger charge is 2.25. The number of halogens is 1. The van der Waals surface area contributed by atoms with E-state index < -0.39 is 10.0 Å². The van der Waals surface area contributed by atoms with Crippen LogP contribution in [0.2, 0.25) is 5.02 Å². The second-order valence-electron chi connectivity index (χ2n) is 5.33. The first-order chi connectivity index (χ1) is 9.86. The molecule has 0 saturated carbocycles. The summed E-state index contributed by atoms with van der Waals surface area (Å²) in [5.41, 5.74) is 0.538. The molecule has 1 amide bonds. The molecule has 21 heavy (non-hydrogen) atoms. The fraction of sp³-hybridized carbons (Fsp3) is 0.500. The molecule has 1 N–H and O–H groups in total. The van der Waals surface area contributed by atoms with Crippen molar-refractivity contribution in [3.8, 4) is 0 Å². The molecule has 0 aliphatic carbocycles. The number of benzene rings is 1. The molecule has 1 saturated heterocycles. The van der Waals surface area contributed by atoms with Crippen molar-refractivity contribution in [3.05, 3.63) is 34.9 Å². The Bertz CT molecular complexity index is 610. The molecule has 1 aromatic rings. The molecule has 2 rings (SSSR count). The number of hydrogen-bond donors (Lipinski definition) is 1. The summed E-state index contributed by atoms with van der Waals surface area (Å²) < 4.78 is 24.3. The van der Waals surface area contributed by atoms with Gasteiger partial charge in [0.25, 0.3) is 5.91 Å². The van der Waals surface area contributed by atoms with Crippen molar-refractivity contribution < 1.29 is 13.2 Å². The molecule has 1 aliphatic heterocycles. The quantitative estimate of drug-likeness (QED) is 0.914. The molecule has 0 atom stereocenters. The highest BCUT2D eigenvalue weighted by Crippen LogP contribution is 2.18. The number of carbonyl (C=O) groups excluding carboxylic acids is 1. The fourth-order valence-corrected chi connectivity index (χ4v) is 3.48. The summed E-state index contributed by atoms with van der Waals surface area (Å²) >= 11 is 5.85. The molecule has 1 heterocycles. The van der Waals surface area contributed by atoms with Gasteiger partial charge in [0.1, 0.15) is 0 Å². The lowest BCUT2D eigenvalue weighted by Gasteiger charge is -2.30. The molecule has 0 unspecified atom stereocenters. The molecule has 1 aliphatic rings. The van der Waals surface area contributed by atoms with Crippen molar-refractivity contribution in [3.63, 3.8) is 0 Å². The number of nitrogens with one attached hydrogen (secondary N) is 1. The van der Waals surface area contributed by atoms with Crippen molar-refractivity contribution in [2.24, 2.45) is 5.92 Å². The number of carbonyl (C=O) groups is 1. The van der Waals surface area contributed by atoms with Gasteiger partial charge in [0.2, 0.25) is 10.0 Å². The minimum Gasteiger partial charge on any atom is -0.352 e. The number of rotatable bonds is 4. The van der Waals surface area contributed by atoms with Crippen LogP contribution < -0.4 is 5.32 Å². The molecular formula is C14H19ClN2O3S. The number of sulfonamides is 1. The van der Waals surface area contributed by atoms with Gasteiger partial charge < -0.3 is 5.32 Å². The summed E-state index contributed by atoms with van der Waals surface area (Å²) in [7, 11) is -3.10. The van der Waals surface area contributed by atoms with Gasteiger partial charge in [-0.1, -0.05) is 17.7 Å². The third-order valence-corrected chi connectivity index (χ3v) is 5.22. The smallest absolute Gasteiger partial charge is 0.251 e. The molecule has 116 valence electrons. The third kappa shape index (κ3) is 4.69. The Morgan fingerprint density at radius 3 is 2.62 bits per heavy atom. The Morgan fingerprint density at radius 1 is 1.38 bits per heavy atom. The number of nitrogens with zero attached hydrogens (tertiary/aromatic N) is 1. The Morgan fingerprint density at radius 2 is 2.05 bits per heavy atom. The lowest BCUT2D eigenvalue weighted by atomic mass is 9.98. The minimum atomic E-state index is -3.10. The van der Waals surface area contributed by atoms with E-state index in [2.05, 4.69) is 5.32 Å². The molecule has 5 nitrogen and oxygen atoms in total. The van der Waals surface area contributed by atoms with Crippen LogP contribution >= 0.6 is 11.6 Å². The van der Waals surface area contributed by atoms with Gasteiger partial charge in [0, 0.05) is 30.2 Å². The minimum absolute atomic E-state index is 0.150. The summed E-state index contributed by atoms with van der Waals surface area (Å²) in [5, 5.41) is 3.42. The molecule has 1 fully saturated rings. The van der Waals surface area contributed by atoms with Gasteiger partial charge in [-0.2, -0.15) is 0 Å². The van der Waals surface area contributed by atoms with E-state index in [0.29, 0.717) is 36.1 Å². The van der Waals surface area contributed by atoms with E-state index in [4.69, 9.17) is 11.6 Å². The number of piperidine rings is 1. The normalized spacial score (nSPS) is 17.6. The van der Waals surface area contributed by atoms with Gasteiger partial charge in [-0.25, -0.2) is 12.7 Å². The summed E-state index contributed by atoms with van der Waals surface area (Å²) in [4.78, 5) is 12.0. The van der Waals surface area contributed by atoms with Crippen LogP contribution in [0.15, 0.2) is 24.3 Å². The first kappa shape index (κ1) is 16.3. The Balaban J connectivity index is 1.81. The number of hydrogen-bond acceptors (Lipinski definition) is 3. The van der Waals surface area contributed by atoms with E-state index in [9.17, 15) is 13.2 Å². The average molecular weight is 331 g/mol. The Kier molecular flexibility index (Phi) is 5.24. The van der Waals surface area contributed by atoms with E-state index >= 15 is 0 Å². The Labute approximate surface area is 130 Å². The SMILES string of the molecule is CS(=O)(=O)N1CCC(CNC(=O)c2cccc(Cl)c2)CC1. The van der Waals surface area contributed by atoms with Gasteiger partial charge in [0.05, 0.1) is 6.26 Å². The zero-order valence-corrected chi connectivity index (χ0v) is 13.5. The van der Waals surface area contributed by atoms with E-state index in [-0.39, 0.29) is 5.91 Å². The van der Waals surface area contributed by atoms with Crippen LogP contribution in [-0.2, 0) is 10.0 Å². The lowest BCUT2D eigenvalue weighted by Crippen LogP contribution is -2.41. The zero-order chi connectivity index (χ0) is 15.5. The second-order valence-corrected chi connectivity index (χ2v) is 7.74. The molecule has 0 aromatic heterocycles. The maximum Gasteiger partial charge on any atom is 0.251 e. The van der Waals surface area contributed by atoms with E-state index in [1.165, 1.54) is 10.6 Å². The topological polar surface area (TPSA) is 66.5 Å². The van der Waals surface area contributed by atoms with Crippen LogP contribution in [0.3, 0.4) is 0 Å². The third-order valence-electron chi connectivity index (χ3n) is 3.68. The van der Waals surface area contributed by atoms with E-state index in [1.54, 1.807) is 24.3 Å². The van der Waals surface area contributed by atoms with Crippen molar-refractivity contribution >= 4 is 27.5 Å². The van der Waals surface area contributed by atoms with Crippen LogP contribution in [0.25, 0.3) is 0 Å². The molecule has 0 spiro atoms. The first-order valence-electron chi connectivity index (χ1n) is 6.85. The van der Waals surface area contributed by atoms with Crippen LogP contribution in [0.1, 0.15) is 23.2 Å². The zero-order valence-electron chi connectivity index (χ0n) is 11.9. The summed E-state index contributed by atoms with van der Waals surface area (Å²) in [6, 6.07) is 6.80. The van der Waals surface area contributed by atoms with Crippen molar-refractivity contribution in [1.82, 2.24) is 9.62 Å². The van der Waals surface area contributed by atoms with Crippen LogP contribution in [-0.4, -0.2) is 44.5 Å². The van der Waals surface area contributed by atoms with E-state index in [0.717, 1.165) is 12.8 Å². The first-order valence-corrected chi connectivity index (χ1v) is 9.08. The highest BCUT2D eigenvalue weighted by molar-refractivity contribution is 7.88. The van der Waals surface area contributed by atoms with Gasteiger partial charge in [0.15, 0.2) is 0 Å². The monoisotopic (exact) mass is 330 g/mol. The predicted octanol–water partition coefficient (Wildman–Crippen LogP) is 1.74.